The first kappa shape index (κ1) is 24.8. The van der Waals surface area contributed by atoms with Crippen LogP contribution in [0.25, 0.3) is 5.69 Å². The smallest absolute Gasteiger partial charge is 0.170 e. The molecule has 0 unspecified atom stereocenters. The van der Waals surface area contributed by atoms with Crippen LogP contribution in [0.1, 0.15) is 41.1 Å². The molecule has 0 saturated carbocycles. The summed E-state index contributed by atoms with van der Waals surface area (Å²) in [5.74, 6) is 0.849. The van der Waals surface area contributed by atoms with Crippen LogP contribution in [0, 0.1) is 13.8 Å². The Hall–Kier alpha value is -3.84. The summed E-state index contributed by atoms with van der Waals surface area (Å²) in [6.45, 7) is 6.06. The summed E-state index contributed by atoms with van der Waals surface area (Å²) in [5, 5.41) is 7.88. The molecule has 2 atom stereocenters. The largest absolute Gasteiger partial charge is 0.497 e. The van der Waals surface area contributed by atoms with E-state index in [2.05, 4.69) is 70.3 Å². The third-order valence-corrected chi connectivity index (χ3v) is 7.35. The predicted molar refractivity (Wildman–Crippen MR) is 154 cm³/mol. The fourth-order valence-corrected chi connectivity index (χ4v) is 5.57. The van der Waals surface area contributed by atoms with Gasteiger partial charge in [0.1, 0.15) is 5.75 Å². The summed E-state index contributed by atoms with van der Waals surface area (Å²) in [6, 6.07) is 26.9. The van der Waals surface area contributed by atoms with Gasteiger partial charge in [-0.3, -0.25) is 4.98 Å². The van der Waals surface area contributed by atoms with E-state index in [1.165, 1.54) is 17.0 Å². The molecule has 1 aliphatic heterocycles. The SMILES string of the molecule is COc1ccc(-n2c(C)cc([C@@H]3[C@H](c4ccccn4)NC(=S)N3CCCNc3ccccc3)c2C)cc1. The van der Waals surface area contributed by atoms with Crippen molar-refractivity contribution in [3.63, 3.8) is 0 Å². The van der Waals surface area contributed by atoms with Gasteiger partial charge in [-0.15, -0.1) is 0 Å². The van der Waals surface area contributed by atoms with E-state index in [1.54, 1.807) is 7.11 Å². The van der Waals surface area contributed by atoms with Gasteiger partial charge in [0.15, 0.2) is 5.11 Å². The number of thiocarbonyl (C=S) groups is 1. The maximum absolute atomic E-state index is 5.89. The lowest BCUT2D eigenvalue weighted by atomic mass is 9.96. The third kappa shape index (κ3) is 5.18. The van der Waals surface area contributed by atoms with Crippen LogP contribution in [0.5, 0.6) is 5.75 Å². The van der Waals surface area contributed by atoms with Crippen LogP contribution in [0.2, 0.25) is 0 Å². The Morgan fingerprint density at radius 3 is 2.46 bits per heavy atom. The highest BCUT2D eigenvalue weighted by Crippen LogP contribution is 2.41. The Kier molecular flexibility index (Phi) is 7.42. The Labute approximate surface area is 224 Å². The summed E-state index contributed by atoms with van der Waals surface area (Å²) in [5.41, 5.74) is 6.88. The van der Waals surface area contributed by atoms with Crippen LogP contribution >= 0.6 is 12.2 Å². The zero-order valence-corrected chi connectivity index (χ0v) is 22.3. The molecular formula is C30H33N5OS. The molecule has 37 heavy (non-hydrogen) atoms. The van der Waals surface area contributed by atoms with Crippen LogP contribution < -0.4 is 15.4 Å². The molecular weight excluding hydrogens is 478 g/mol. The summed E-state index contributed by atoms with van der Waals surface area (Å²) in [7, 11) is 1.69. The molecule has 6 nitrogen and oxygen atoms in total. The lowest BCUT2D eigenvalue weighted by Crippen LogP contribution is -2.31. The highest BCUT2D eigenvalue weighted by Gasteiger charge is 2.41. The Morgan fingerprint density at radius 2 is 1.76 bits per heavy atom. The summed E-state index contributed by atoms with van der Waals surface area (Å²) < 4.78 is 7.67. The van der Waals surface area contributed by atoms with Crippen molar-refractivity contribution in [2.75, 3.05) is 25.5 Å². The van der Waals surface area contributed by atoms with Crippen LogP contribution in [-0.2, 0) is 0 Å². The van der Waals surface area contributed by atoms with E-state index in [1.807, 2.05) is 48.7 Å². The molecule has 2 N–H and O–H groups in total. The van der Waals surface area contributed by atoms with Gasteiger partial charge < -0.3 is 24.8 Å². The number of pyridine rings is 1. The molecule has 0 spiro atoms. The van der Waals surface area contributed by atoms with Gasteiger partial charge in [-0.25, -0.2) is 0 Å². The van der Waals surface area contributed by atoms with E-state index in [4.69, 9.17) is 21.9 Å². The number of methoxy groups -OCH3 is 1. The first-order valence-electron chi connectivity index (χ1n) is 12.7. The van der Waals surface area contributed by atoms with Gasteiger partial charge in [0.2, 0.25) is 0 Å². The average Bonchev–Trinajstić information content (AvgIpc) is 3.42. The minimum Gasteiger partial charge on any atom is -0.497 e. The van der Waals surface area contributed by atoms with Gasteiger partial charge in [0.05, 0.1) is 24.9 Å². The van der Waals surface area contributed by atoms with E-state index in [-0.39, 0.29) is 12.1 Å². The first-order valence-corrected chi connectivity index (χ1v) is 13.1. The summed E-state index contributed by atoms with van der Waals surface area (Å²) >= 11 is 5.89. The van der Waals surface area contributed by atoms with Crippen LogP contribution in [0.4, 0.5) is 5.69 Å². The zero-order chi connectivity index (χ0) is 25.8. The van der Waals surface area contributed by atoms with Gasteiger partial charge >= 0.3 is 0 Å². The molecule has 4 aromatic rings. The Bertz CT molecular complexity index is 1340. The topological polar surface area (TPSA) is 54.4 Å². The maximum Gasteiger partial charge on any atom is 0.170 e. The van der Waals surface area contributed by atoms with E-state index in [9.17, 15) is 0 Å². The van der Waals surface area contributed by atoms with E-state index in [0.29, 0.717) is 0 Å². The van der Waals surface area contributed by atoms with Gasteiger partial charge in [-0.1, -0.05) is 24.3 Å². The summed E-state index contributed by atoms with van der Waals surface area (Å²) in [4.78, 5) is 7.03. The van der Waals surface area contributed by atoms with Crippen molar-refractivity contribution < 1.29 is 4.74 Å². The van der Waals surface area contributed by atoms with Crippen LogP contribution in [0.3, 0.4) is 0 Å². The van der Waals surface area contributed by atoms with E-state index >= 15 is 0 Å². The summed E-state index contributed by atoms with van der Waals surface area (Å²) in [6.07, 6.45) is 2.81. The molecule has 1 saturated heterocycles. The van der Waals surface area contributed by atoms with Crippen LogP contribution in [0.15, 0.2) is 85.1 Å². The first-order chi connectivity index (χ1) is 18.1. The minimum atomic E-state index is -0.0272. The number of nitrogens with zero attached hydrogens (tertiary/aromatic N) is 3. The fourth-order valence-electron chi connectivity index (χ4n) is 5.24. The molecule has 0 amide bonds. The molecule has 0 radical (unpaired) electrons. The second kappa shape index (κ2) is 11.0. The monoisotopic (exact) mass is 511 g/mol. The number of aryl methyl sites for hydroxylation is 1. The quantitative estimate of drug-likeness (QED) is 0.213. The van der Waals surface area contributed by atoms with Crippen molar-refractivity contribution in [1.82, 2.24) is 19.8 Å². The number of hydrogen-bond acceptors (Lipinski definition) is 4. The van der Waals surface area contributed by atoms with Gasteiger partial charge in [0.25, 0.3) is 0 Å². The molecule has 1 fully saturated rings. The number of rotatable bonds is 9. The minimum absolute atomic E-state index is 0.0272. The number of nitrogens with one attached hydrogen (secondary N) is 2. The third-order valence-electron chi connectivity index (χ3n) is 7.00. The number of para-hydroxylation sites is 1. The number of aromatic nitrogens is 2. The number of hydrogen-bond donors (Lipinski definition) is 2. The van der Waals surface area contributed by atoms with Crippen molar-refractivity contribution in [3.05, 3.63) is 108 Å². The molecule has 7 heteroatoms. The van der Waals surface area contributed by atoms with Crippen molar-refractivity contribution in [3.8, 4) is 11.4 Å². The number of benzene rings is 2. The lowest BCUT2D eigenvalue weighted by molar-refractivity contribution is 0.315. The Balaban J connectivity index is 1.45. The molecule has 3 heterocycles. The van der Waals surface area contributed by atoms with Crippen molar-refractivity contribution in [2.45, 2.75) is 32.4 Å². The van der Waals surface area contributed by atoms with Gasteiger partial charge in [0, 0.05) is 42.0 Å². The maximum atomic E-state index is 5.89. The van der Waals surface area contributed by atoms with Gasteiger partial charge in [-0.2, -0.15) is 0 Å². The molecule has 2 aromatic heterocycles. The van der Waals surface area contributed by atoms with Crippen molar-refractivity contribution in [2.24, 2.45) is 0 Å². The second-order valence-electron chi connectivity index (χ2n) is 9.33. The highest BCUT2D eigenvalue weighted by molar-refractivity contribution is 7.80. The van der Waals surface area contributed by atoms with E-state index < -0.39 is 0 Å². The highest BCUT2D eigenvalue weighted by atomic mass is 32.1. The van der Waals surface area contributed by atoms with Crippen molar-refractivity contribution >= 4 is 23.0 Å². The Morgan fingerprint density at radius 1 is 1.00 bits per heavy atom. The standard InChI is InChI=1S/C30H33N5OS/c1-21-20-26(22(2)35(21)24-13-15-25(36-3)16-14-24)29-28(27-12-7-8-17-32-27)33-30(37)34(29)19-9-18-31-23-10-5-4-6-11-23/h4-8,10-17,20,28-29,31H,9,18-19H2,1-3H3,(H,33,37)/t28-,29+/m0/s1. The number of anilines is 1. The van der Waals surface area contributed by atoms with Crippen LogP contribution in [-0.4, -0.2) is 39.8 Å². The number of ether oxygens (including phenoxy) is 1. The molecule has 190 valence electrons. The average molecular weight is 512 g/mol. The molecule has 0 aliphatic carbocycles. The zero-order valence-electron chi connectivity index (χ0n) is 21.5. The molecule has 0 bridgehead atoms. The van der Waals surface area contributed by atoms with Crippen molar-refractivity contribution in [1.29, 1.82) is 0 Å². The fraction of sp³-hybridized carbons (Fsp3) is 0.267. The lowest BCUT2D eigenvalue weighted by Gasteiger charge is -2.28. The predicted octanol–water partition coefficient (Wildman–Crippen LogP) is 5.97. The molecule has 2 aromatic carbocycles. The van der Waals surface area contributed by atoms with Gasteiger partial charge in [-0.05, 0) is 92.6 Å². The normalized spacial score (nSPS) is 17.1. The second-order valence-corrected chi connectivity index (χ2v) is 9.71. The molecule has 5 rings (SSSR count). The molecule has 1 aliphatic rings. The van der Waals surface area contributed by atoms with E-state index in [0.717, 1.165) is 47.4 Å².